The molecule has 0 bridgehead atoms. The molecule has 9 heteroatoms. The van der Waals surface area contributed by atoms with Crippen molar-refractivity contribution in [3.8, 4) is 0 Å². The lowest BCUT2D eigenvalue weighted by Gasteiger charge is -2.26. The number of carboxylic acid groups (broad SMARTS) is 1. The number of likely N-dealkylation sites (tertiary alicyclic amines) is 1. The molecule has 116 valence electrons. The van der Waals surface area contributed by atoms with Crippen molar-refractivity contribution in [1.29, 1.82) is 0 Å². The highest BCUT2D eigenvalue weighted by Crippen LogP contribution is 2.33. The largest absolute Gasteiger partial charge is 0.481 e. The number of rotatable bonds is 6. The van der Waals surface area contributed by atoms with E-state index in [9.17, 15) is 18.0 Å². The number of amides is 1. The quantitative estimate of drug-likeness (QED) is 0.782. The average molecular weight is 332 g/mol. The molecule has 1 aromatic heterocycles. The van der Waals surface area contributed by atoms with Crippen LogP contribution in [0.5, 0.6) is 0 Å². The fraction of sp³-hybridized carbons (Fsp3) is 0.500. The van der Waals surface area contributed by atoms with Gasteiger partial charge in [0, 0.05) is 23.8 Å². The molecular formula is C12H16N2O5S2. The second-order valence-electron chi connectivity index (χ2n) is 5.07. The van der Waals surface area contributed by atoms with Crippen molar-refractivity contribution in [1.82, 2.24) is 4.90 Å². The Balaban J connectivity index is 2.17. The minimum Gasteiger partial charge on any atom is -0.481 e. The van der Waals surface area contributed by atoms with Crippen LogP contribution >= 0.6 is 11.3 Å². The van der Waals surface area contributed by atoms with Crippen LogP contribution in [0.15, 0.2) is 17.5 Å². The maximum Gasteiger partial charge on any atom is 0.305 e. The lowest BCUT2D eigenvalue weighted by atomic mass is 10.1. The average Bonchev–Trinajstić information content (AvgIpc) is 2.93. The summed E-state index contributed by atoms with van der Waals surface area (Å²) in [6, 6.07) is 3.01. The smallest absolute Gasteiger partial charge is 0.305 e. The molecule has 2 rings (SSSR count). The van der Waals surface area contributed by atoms with Gasteiger partial charge in [0.15, 0.2) is 0 Å². The number of primary sulfonamides is 1. The number of nitrogens with two attached hydrogens (primary N) is 1. The lowest BCUT2D eigenvalue weighted by molar-refractivity contribution is -0.139. The molecule has 1 amide bonds. The van der Waals surface area contributed by atoms with Crippen LogP contribution in [0.25, 0.3) is 0 Å². The number of hydrogen-bond acceptors (Lipinski definition) is 5. The van der Waals surface area contributed by atoms with E-state index in [-0.39, 0.29) is 37.0 Å². The zero-order valence-electron chi connectivity index (χ0n) is 11.1. The van der Waals surface area contributed by atoms with E-state index in [1.807, 2.05) is 5.38 Å². The van der Waals surface area contributed by atoms with E-state index in [2.05, 4.69) is 0 Å². The van der Waals surface area contributed by atoms with Crippen molar-refractivity contribution >= 4 is 33.2 Å². The van der Waals surface area contributed by atoms with E-state index in [1.165, 1.54) is 16.2 Å². The van der Waals surface area contributed by atoms with E-state index in [0.717, 1.165) is 4.88 Å². The summed E-state index contributed by atoms with van der Waals surface area (Å²) in [5.74, 6) is -1.89. The van der Waals surface area contributed by atoms with Gasteiger partial charge in [0.25, 0.3) is 0 Å². The lowest BCUT2D eigenvalue weighted by Crippen LogP contribution is -2.32. The summed E-state index contributed by atoms with van der Waals surface area (Å²) < 4.78 is 22.3. The van der Waals surface area contributed by atoms with Gasteiger partial charge in [-0.2, -0.15) is 0 Å². The molecule has 1 saturated heterocycles. The zero-order chi connectivity index (χ0) is 15.6. The molecule has 2 heterocycles. The van der Waals surface area contributed by atoms with Gasteiger partial charge in [-0.15, -0.1) is 11.3 Å². The van der Waals surface area contributed by atoms with Crippen LogP contribution in [0.4, 0.5) is 0 Å². The second kappa shape index (κ2) is 6.12. The summed E-state index contributed by atoms with van der Waals surface area (Å²) in [5.41, 5.74) is 0. The Morgan fingerprint density at radius 3 is 2.81 bits per heavy atom. The minimum absolute atomic E-state index is 0.0813. The van der Waals surface area contributed by atoms with E-state index >= 15 is 0 Å². The van der Waals surface area contributed by atoms with Crippen molar-refractivity contribution in [2.45, 2.75) is 18.9 Å². The first-order chi connectivity index (χ1) is 9.76. The number of carboxylic acids is 1. The van der Waals surface area contributed by atoms with Gasteiger partial charge >= 0.3 is 5.97 Å². The Bertz CT molecular complexity index is 626. The van der Waals surface area contributed by atoms with E-state index in [0.29, 0.717) is 0 Å². The molecule has 1 aliphatic heterocycles. The molecule has 2 unspecified atom stereocenters. The van der Waals surface area contributed by atoms with Crippen LogP contribution in [-0.4, -0.2) is 42.6 Å². The van der Waals surface area contributed by atoms with Gasteiger partial charge in [-0.1, -0.05) is 6.07 Å². The van der Waals surface area contributed by atoms with Crippen molar-refractivity contribution in [3.05, 3.63) is 22.4 Å². The van der Waals surface area contributed by atoms with Crippen LogP contribution < -0.4 is 5.14 Å². The number of nitrogens with zero attached hydrogens (tertiary/aromatic N) is 1. The first-order valence-corrected chi connectivity index (χ1v) is 8.91. The molecule has 1 aliphatic rings. The highest BCUT2D eigenvalue weighted by molar-refractivity contribution is 7.89. The van der Waals surface area contributed by atoms with Gasteiger partial charge in [0.2, 0.25) is 15.9 Å². The SMILES string of the molecule is NS(=O)(=O)CC1CC(=O)N(C(CC(=O)O)c2cccs2)C1. The Morgan fingerprint density at radius 2 is 2.29 bits per heavy atom. The summed E-state index contributed by atoms with van der Waals surface area (Å²) in [5, 5.41) is 15.9. The van der Waals surface area contributed by atoms with Gasteiger partial charge < -0.3 is 10.0 Å². The summed E-state index contributed by atoms with van der Waals surface area (Å²) in [7, 11) is -3.65. The molecule has 7 nitrogen and oxygen atoms in total. The van der Waals surface area contributed by atoms with Gasteiger partial charge in [-0.05, 0) is 11.4 Å². The van der Waals surface area contributed by atoms with E-state index in [1.54, 1.807) is 12.1 Å². The Morgan fingerprint density at radius 1 is 1.57 bits per heavy atom. The number of carbonyl (C=O) groups excluding carboxylic acids is 1. The van der Waals surface area contributed by atoms with Crippen molar-refractivity contribution in [3.63, 3.8) is 0 Å². The van der Waals surface area contributed by atoms with Gasteiger partial charge in [-0.3, -0.25) is 9.59 Å². The standard InChI is InChI=1S/C12H16N2O5S2/c13-21(18,19)7-8-4-11(15)14(6-8)9(5-12(16)17)10-2-1-3-20-10/h1-3,8-9H,4-7H2,(H,16,17)(H2,13,18,19). The highest BCUT2D eigenvalue weighted by atomic mass is 32.2. The molecule has 1 fully saturated rings. The summed E-state index contributed by atoms with van der Waals surface area (Å²) in [6.07, 6.45) is -0.119. The van der Waals surface area contributed by atoms with Crippen LogP contribution in [0.2, 0.25) is 0 Å². The molecule has 0 aromatic carbocycles. The summed E-state index contributed by atoms with van der Waals surface area (Å²) in [6.45, 7) is 0.213. The van der Waals surface area contributed by atoms with Crippen LogP contribution in [0.1, 0.15) is 23.8 Å². The maximum atomic E-state index is 12.1. The van der Waals surface area contributed by atoms with E-state index < -0.39 is 22.0 Å². The number of hydrogen-bond donors (Lipinski definition) is 2. The fourth-order valence-corrected chi connectivity index (χ4v) is 4.28. The monoisotopic (exact) mass is 332 g/mol. The number of sulfonamides is 1. The first kappa shape index (κ1) is 15.9. The predicted molar refractivity (Wildman–Crippen MR) is 77.1 cm³/mol. The topological polar surface area (TPSA) is 118 Å². The third kappa shape index (κ3) is 4.26. The molecular weight excluding hydrogens is 316 g/mol. The van der Waals surface area contributed by atoms with E-state index in [4.69, 9.17) is 10.2 Å². The minimum atomic E-state index is -3.65. The normalized spacial score (nSPS) is 20.7. The number of aliphatic carboxylic acids is 1. The van der Waals surface area contributed by atoms with Gasteiger partial charge in [0.1, 0.15) is 0 Å². The Hall–Kier alpha value is -1.45. The molecule has 21 heavy (non-hydrogen) atoms. The van der Waals surface area contributed by atoms with Crippen molar-refractivity contribution in [2.75, 3.05) is 12.3 Å². The molecule has 0 saturated carbocycles. The maximum absolute atomic E-state index is 12.1. The van der Waals surface area contributed by atoms with Crippen molar-refractivity contribution in [2.24, 2.45) is 11.1 Å². The zero-order valence-corrected chi connectivity index (χ0v) is 12.8. The van der Waals surface area contributed by atoms with Crippen LogP contribution in [0, 0.1) is 5.92 Å². The summed E-state index contributed by atoms with van der Waals surface area (Å²) >= 11 is 1.38. The molecule has 3 N–H and O–H groups in total. The highest BCUT2D eigenvalue weighted by Gasteiger charge is 2.37. The fourth-order valence-electron chi connectivity index (χ4n) is 2.56. The van der Waals surface area contributed by atoms with Gasteiger partial charge in [0.05, 0.1) is 18.2 Å². The second-order valence-corrected chi connectivity index (χ2v) is 7.71. The number of carbonyl (C=O) groups is 2. The molecule has 2 atom stereocenters. The van der Waals surface area contributed by atoms with Crippen LogP contribution in [-0.2, 0) is 19.6 Å². The predicted octanol–water partition coefficient (Wildman–Crippen LogP) is 0.401. The van der Waals surface area contributed by atoms with Gasteiger partial charge in [-0.25, -0.2) is 13.6 Å². The third-order valence-electron chi connectivity index (χ3n) is 3.32. The Labute approximate surface area is 126 Å². The Kier molecular flexibility index (Phi) is 4.64. The third-order valence-corrected chi connectivity index (χ3v) is 5.23. The summed E-state index contributed by atoms with van der Waals surface area (Å²) in [4.78, 5) is 25.4. The molecule has 0 radical (unpaired) electrons. The molecule has 0 spiro atoms. The first-order valence-electron chi connectivity index (χ1n) is 6.31. The molecule has 0 aliphatic carbocycles. The van der Waals surface area contributed by atoms with Crippen LogP contribution in [0.3, 0.4) is 0 Å². The van der Waals surface area contributed by atoms with Crippen molar-refractivity contribution < 1.29 is 23.1 Å². The molecule has 1 aromatic rings. The number of thiophene rings is 1.